The van der Waals surface area contributed by atoms with Crippen molar-refractivity contribution in [3.8, 4) is 0 Å². The quantitative estimate of drug-likeness (QED) is 0.782. The molecule has 0 saturated carbocycles. The number of hydrogen-bond acceptors (Lipinski definition) is 5. The minimum Gasteiger partial charge on any atom is -0.332 e. The Morgan fingerprint density at radius 1 is 1.39 bits per heavy atom. The second-order valence-corrected chi connectivity index (χ2v) is 6.93. The molecule has 0 aliphatic carbocycles. The lowest BCUT2D eigenvalue weighted by Gasteiger charge is -2.35. The van der Waals surface area contributed by atoms with E-state index < -0.39 is 6.03 Å². The third-order valence-electron chi connectivity index (χ3n) is 4.27. The van der Waals surface area contributed by atoms with Crippen LogP contribution in [0.15, 0.2) is 5.38 Å². The van der Waals surface area contributed by atoms with E-state index in [0.717, 1.165) is 34.9 Å². The number of hydrogen-bond donors (Lipinski definition) is 0. The second kappa shape index (κ2) is 6.27. The number of aromatic nitrogens is 1. The lowest BCUT2D eigenvalue weighted by molar-refractivity contribution is -0.139. The molecule has 2 aliphatic heterocycles. The largest absolute Gasteiger partial charge is 0.332 e. The Hall–Kier alpha value is -1.96. The van der Waals surface area contributed by atoms with Crippen LogP contribution in [0.2, 0.25) is 0 Å². The third kappa shape index (κ3) is 3.08. The average Bonchev–Trinajstić information content (AvgIpc) is 3.06. The van der Waals surface area contributed by atoms with Crippen LogP contribution in [0, 0.1) is 6.92 Å². The zero-order chi connectivity index (χ0) is 16.6. The van der Waals surface area contributed by atoms with E-state index in [9.17, 15) is 14.4 Å². The number of thiazole rings is 1. The normalized spacial score (nSPS) is 22.2. The highest BCUT2D eigenvalue weighted by Crippen LogP contribution is 2.33. The van der Waals surface area contributed by atoms with Gasteiger partial charge in [0.15, 0.2) is 0 Å². The van der Waals surface area contributed by atoms with Crippen LogP contribution in [0.5, 0.6) is 0 Å². The number of likely N-dealkylation sites (tertiary alicyclic amines) is 1. The SMILES string of the molecule is Cc1csc([C@@H]2CCCCN2C(=O)CN2C(=O)CN(C)C2=O)n1. The smallest absolute Gasteiger partial charge is 0.327 e. The fourth-order valence-electron chi connectivity index (χ4n) is 3.06. The van der Waals surface area contributed by atoms with Gasteiger partial charge in [0.1, 0.15) is 18.1 Å². The molecule has 0 spiro atoms. The van der Waals surface area contributed by atoms with Crippen molar-refractivity contribution in [3.63, 3.8) is 0 Å². The van der Waals surface area contributed by atoms with Gasteiger partial charge in [0.25, 0.3) is 5.91 Å². The van der Waals surface area contributed by atoms with Crippen LogP contribution in [0.1, 0.15) is 36.0 Å². The zero-order valence-corrected chi connectivity index (χ0v) is 14.1. The topological polar surface area (TPSA) is 73.8 Å². The van der Waals surface area contributed by atoms with Gasteiger partial charge < -0.3 is 9.80 Å². The van der Waals surface area contributed by atoms with Crippen LogP contribution in [0.3, 0.4) is 0 Å². The van der Waals surface area contributed by atoms with Gasteiger partial charge in [-0.25, -0.2) is 9.78 Å². The maximum Gasteiger partial charge on any atom is 0.327 e. The van der Waals surface area contributed by atoms with E-state index >= 15 is 0 Å². The van der Waals surface area contributed by atoms with Gasteiger partial charge in [-0.1, -0.05) is 0 Å². The number of imide groups is 1. The molecule has 0 radical (unpaired) electrons. The van der Waals surface area contributed by atoms with Crippen molar-refractivity contribution < 1.29 is 14.4 Å². The molecule has 7 nitrogen and oxygen atoms in total. The predicted octanol–water partition coefficient (Wildman–Crippen LogP) is 1.40. The van der Waals surface area contributed by atoms with Gasteiger partial charge >= 0.3 is 6.03 Å². The van der Waals surface area contributed by atoms with Crippen LogP contribution in [-0.4, -0.2) is 64.2 Å². The van der Waals surface area contributed by atoms with E-state index in [1.54, 1.807) is 23.3 Å². The van der Waals surface area contributed by atoms with Crippen LogP contribution >= 0.6 is 11.3 Å². The van der Waals surface area contributed by atoms with Crippen LogP contribution in [0.4, 0.5) is 4.79 Å². The van der Waals surface area contributed by atoms with Crippen LogP contribution < -0.4 is 0 Å². The summed E-state index contributed by atoms with van der Waals surface area (Å²) >= 11 is 1.56. The number of amides is 4. The summed E-state index contributed by atoms with van der Waals surface area (Å²) in [7, 11) is 1.56. The van der Waals surface area contributed by atoms with Gasteiger partial charge in [0, 0.05) is 24.7 Å². The van der Waals surface area contributed by atoms with Crippen molar-refractivity contribution in [2.75, 3.05) is 26.7 Å². The molecule has 2 aliphatic rings. The van der Waals surface area contributed by atoms with E-state index in [0.29, 0.717) is 6.54 Å². The molecule has 0 bridgehead atoms. The maximum atomic E-state index is 12.7. The molecule has 0 aromatic carbocycles. The first-order chi connectivity index (χ1) is 11.0. The Labute approximate surface area is 138 Å². The van der Waals surface area contributed by atoms with Crippen molar-refractivity contribution in [2.24, 2.45) is 0 Å². The fraction of sp³-hybridized carbons (Fsp3) is 0.600. The van der Waals surface area contributed by atoms with Gasteiger partial charge in [0.05, 0.1) is 6.04 Å². The maximum absolute atomic E-state index is 12.7. The van der Waals surface area contributed by atoms with Crippen molar-refractivity contribution in [1.29, 1.82) is 0 Å². The lowest BCUT2D eigenvalue weighted by atomic mass is 10.0. The molecule has 3 heterocycles. The molecular weight excluding hydrogens is 316 g/mol. The predicted molar refractivity (Wildman–Crippen MR) is 84.9 cm³/mol. The van der Waals surface area contributed by atoms with E-state index in [1.165, 1.54) is 4.90 Å². The number of piperidine rings is 1. The summed E-state index contributed by atoms with van der Waals surface area (Å²) in [5.74, 6) is -0.496. The van der Waals surface area contributed by atoms with E-state index in [1.807, 2.05) is 12.3 Å². The fourth-order valence-corrected chi connectivity index (χ4v) is 4.01. The lowest BCUT2D eigenvalue weighted by Crippen LogP contribution is -2.46. The average molecular weight is 336 g/mol. The number of likely N-dealkylation sites (N-methyl/N-ethyl adjacent to an activating group) is 1. The Morgan fingerprint density at radius 3 is 2.78 bits per heavy atom. The third-order valence-corrected chi connectivity index (χ3v) is 5.33. The summed E-state index contributed by atoms with van der Waals surface area (Å²) in [4.78, 5) is 45.1. The molecule has 23 heavy (non-hydrogen) atoms. The standard InChI is InChI=1S/C15H20N4O3S/c1-10-9-23-14(16-10)11-5-3-4-6-18(11)13(21)8-19-12(20)7-17(2)15(19)22/h9,11H,3-8H2,1-2H3/t11-/m0/s1. The Bertz CT molecular complexity index is 644. The van der Waals surface area contributed by atoms with Crippen LogP contribution in [0.25, 0.3) is 0 Å². The van der Waals surface area contributed by atoms with Gasteiger partial charge in [0.2, 0.25) is 5.91 Å². The Balaban J connectivity index is 1.74. The van der Waals surface area contributed by atoms with E-state index in [4.69, 9.17) is 0 Å². The zero-order valence-electron chi connectivity index (χ0n) is 13.3. The summed E-state index contributed by atoms with van der Waals surface area (Å²) in [5, 5.41) is 2.92. The molecule has 1 aromatic heterocycles. The van der Waals surface area contributed by atoms with Gasteiger partial charge in [-0.2, -0.15) is 0 Å². The molecule has 8 heteroatoms. The van der Waals surface area contributed by atoms with E-state index in [-0.39, 0.29) is 30.9 Å². The summed E-state index contributed by atoms with van der Waals surface area (Å²) in [6, 6.07) is -0.442. The Morgan fingerprint density at radius 2 is 2.17 bits per heavy atom. The molecule has 3 rings (SSSR count). The van der Waals surface area contributed by atoms with E-state index in [2.05, 4.69) is 4.98 Å². The minimum absolute atomic E-state index is 0.0412. The number of rotatable bonds is 3. The summed E-state index contributed by atoms with van der Waals surface area (Å²) < 4.78 is 0. The highest BCUT2D eigenvalue weighted by atomic mass is 32.1. The Kier molecular flexibility index (Phi) is 4.34. The molecule has 2 fully saturated rings. The summed E-state index contributed by atoms with van der Waals surface area (Å²) in [6.45, 7) is 2.45. The second-order valence-electron chi connectivity index (χ2n) is 6.04. The first-order valence-corrected chi connectivity index (χ1v) is 8.62. The highest BCUT2D eigenvalue weighted by Gasteiger charge is 2.37. The molecule has 0 unspecified atom stereocenters. The summed E-state index contributed by atoms with van der Waals surface area (Å²) in [5.41, 5.74) is 0.953. The molecule has 124 valence electrons. The van der Waals surface area contributed by atoms with Crippen molar-refractivity contribution in [1.82, 2.24) is 19.7 Å². The number of aryl methyl sites for hydroxylation is 1. The minimum atomic E-state index is -0.401. The van der Waals surface area contributed by atoms with Gasteiger partial charge in [-0.05, 0) is 26.2 Å². The highest BCUT2D eigenvalue weighted by molar-refractivity contribution is 7.09. The summed E-state index contributed by atoms with van der Waals surface area (Å²) in [6.07, 6.45) is 2.87. The van der Waals surface area contributed by atoms with Gasteiger partial charge in [-0.15, -0.1) is 11.3 Å². The molecule has 1 atom stereocenters. The first-order valence-electron chi connectivity index (χ1n) is 7.74. The van der Waals surface area contributed by atoms with Crippen molar-refractivity contribution >= 4 is 29.2 Å². The number of carbonyl (C=O) groups excluding carboxylic acids is 3. The number of nitrogens with zero attached hydrogens (tertiary/aromatic N) is 4. The molecule has 0 N–H and O–H groups in total. The molecule has 1 aromatic rings. The number of carbonyl (C=O) groups is 3. The first kappa shape index (κ1) is 15.9. The number of urea groups is 1. The van der Waals surface area contributed by atoms with Crippen molar-refractivity contribution in [3.05, 3.63) is 16.1 Å². The molecular formula is C15H20N4O3S. The van der Waals surface area contributed by atoms with Gasteiger partial charge in [-0.3, -0.25) is 14.5 Å². The molecule has 4 amide bonds. The monoisotopic (exact) mass is 336 g/mol. The van der Waals surface area contributed by atoms with Crippen LogP contribution in [-0.2, 0) is 9.59 Å². The molecule has 2 saturated heterocycles. The van der Waals surface area contributed by atoms with Crippen molar-refractivity contribution in [2.45, 2.75) is 32.2 Å².